The third-order valence-electron chi connectivity index (χ3n) is 7.03. The van der Waals surface area contributed by atoms with Crippen LogP contribution < -0.4 is 0 Å². The van der Waals surface area contributed by atoms with Crippen molar-refractivity contribution in [2.75, 3.05) is 26.2 Å². The fourth-order valence-electron chi connectivity index (χ4n) is 5.28. The molecule has 4 nitrogen and oxygen atoms in total. The molecule has 4 heteroatoms. The highest BCUT2D eigenvalue weighted by Gasteiger charge is 2.29. The van der Waals surface area contributed by atoms with E-state index in [1.54, 1.807) is 0 Å². The van der Waals surface area contributed by atoms with Gasteiger partial charge >= 0.3 is 0 Å². The molecule has 3 fully saturated rings. The van der Waals surface area contributed by atoms with E-state index in [2.05, 4.69) is 9.80 Å². The van der Waals surface area contributed by atoms with E-state index in [1.807, 2.05) is 0 Å². The van der Waals surface area contributed by atoms with E-state index < -0.39 is 0 Å². The molecule has 1 saturated heterocycles. The molecule has 0 bridgehead atoms. The number of amides is 2. The lowest BCUT2D eigenvalue weighted by atomic mass is 9.90. The van der Waals surface area contributed by atoms with Crippen LogP contribution in [0.4, 0.5) is 0 Å². The van der Waals surface area contributed by atoms with Crippen molar-refractivity contribution in [3.63, 3.8) is 0 Å². The van der Waals surface area contributed by atoms with Crippen molar-refractivity contribution in [3.8, 4) is 0 Å². The van der Waals surface area contributed by atoms with E-state index in [4.69, 9.17) is 0 Å². The number of carbonyl (C=O) groups excluding carboxylic acids is 2. The standard InChI is InChI=1S/C23H40N2O2/c26-22(20-12-7-3-1-4-8-13-20)24-16-11-17-25(19-18-24)23(27)21-14-9-5-2-6-10-15-21/h20-21H,1-19H2. The fraction of sp³-hybridized carbons (Fsp3) is 0.913. The number of rotatable bonds is 2. The molecule has 27 heavy (non-hydrogen) atoms. The molecule has 0 aromatic carbocycles. The van der Waals surface area contributed by atoms with Gasteiger partial charge in [0.15, 0.2) is 0 Å². The van der Waals surface area contributed by atoms with E-state index in [-0.39, 0.29) is 11.8 Å². The summed E-state index contributed by atoms with van der Waals surface area (Å²) in [5.74, 6) is 1.21. The van der Waals surface area contributed by atoms with Gasteiger partial charge in [-0.2, -0.15) is 0 Å². The van der Waals surface area contributed by atoms with Gasteiger partial charge in [-0.25, -0.2) is 0 Å². The van der Waals surface area contributed by atoms with Crippen molar-refractivity contribution in [1.82, 2.24) is 9.80 Å². The summed E-state index contributed by atoms with van der Waals surface area (Å²) >= 11 is 0. The Morgan fingerprint density at radius 3 is 1.15 bits per heavy atom. The van der Waals surface area contributed by atoms with Crippen LogP contribution in [0, 0.1) is 11.8 Å². The molecule has 0 N–H and O–H groups in total. The predicted octanol–water partition coefficient (Wildman–Crippen LogP) is 4.77. The van der Waals surface area contributed by atoms with Gasteiger partial charge in [0, 0.05) is 38.0 Å². The molecule has 0 spiro atoms. The summed E-state index contributed by atoms with van der Waals surface area (Å²) in [6.45, 7) is 3.16. The summed E-state index contributed by atoms with van der Waals surface area (Å²) in [7, 11) is 0. The molecule has 2 amide bonds. The van der Waals surface area contributed by atoms with Gasteiger partial charge in [0.05, 0.1) is 0 Å². The van der Waals surface area contributed by atoms with Crippen molar-refractivity contribution < 1.29 is 9.59 Å². The van der Waals surface area contributed by atoms with Gasteiger partial charge in [-0.15, -0.1) is 0 Å². The van der Waals surface area contributed by atoms with Gasteiger partial charge in [0.25, 0.3) is 0 Å². The highest BCUT2D eigenvalue weighted by Crippen LogP contribution is 2.26. The first kappa shape index (κ1) is 20.7. The topological polar surface area (TPSA) is 40.6 Å². The van der Waals surface area contributed by atoms with Gasteiger partial charge in [0.2, 0.25) is 11.8 Å². The zero-order valence-corrected chi connectivity index (χ0v) is 17.3. The minimum atomic E-state index is 0.234. The first-order valence-corrected chi connectivity index (χ1v) is 11.8. The van der Waals surface area contributed by atoms with Crippen LogP contribution in [0.1, 0.15) is 96.3 Å². The Morgan fingerprint density at radius 1 is 0.444 bits per heavy atom. The quantitative estimate of drug-likeness (QED) is 0.696. The SMILES string of the molecule is O=C(C1CCCCCCC1)N1CCCN(C(=O)C2CCCCCCC2)CC1. The van der Waals surface area contributed by atoms with Crippen molar-refractivity contribution in [2.45, 2.75) is 96.3 Å². The molecule has 0 aromatic rings. The summed E-state index contributed by atoms with van der Waals surface area (Å²) in [5, 5.41) is 0. The minimum Gasteiger partial charge on any atom is -0.341 e. The van der Waals surface area contributed by atoms with Gasteiger partial charge in [0.1, 0.15) is 0 Å². The van der Waals surface area contributed by atoms with Gasteiger partial charge in [-0.1, -0.05) is 64.2 Å². The van der Waals surface area contributed by atoms with E-state index >= 15 is 0 Å². The number of carbonyl (C=O) groups is 2. The monoisotopic (exact) mass is 376 g/mol. The summed E-state index contributed by atoms with van der Waals surface area (Å²) in [6.07, 6.45) is 17.9. The second kappa shape index (κ2) is 11.1. The van der Waals surface area contributed by atoms with Crippen molar-refractivity contribution in [2.24, 2.45) is 11.8 Å². The van der Waals surface area contributed by atoms with E-state index in [0.29, 0.717) is 11.8 Å². The lowest BCUT2D eigenvalue weighted by Gasteiger charge is -2.29. The second-order valence-corrected chi connectivity index (χ2v) is 9.09. The Hall–Kier alpha value is -1.06. The molecule has 0 aromatic heterocycles. The molecule has 3 aliphatic rings. The van der Waals surface area contributed by atoms with E-state index in [1.165, 1.54) is 64.2 Å². The van der Waals surface area contributed by atoms with Crippen molar-refractivity contribution >= 4 is 11.8 Å². The second-order valence-electron chi connectivity index (χ2n) is 9.09. The average Bonchev–Trinajstić information content (AvgIpc) is 2.86. The normalized spacial score (nSPS) is 25.0. The van der Waals surface area contributed by atoms with Gasteiger partial charge in [-0.05, 0) is 32.1 Å². The fourth-order valence-corrected chi connectivity index (χ4v) is 5.28. The molecular weight excluding hydrogens is 336 g/mol. The van der Waals surface area contributed by atoms with Crippen LogP contribution in [0.2, 0.25) is 0 Å². The Bertz CT molecular complexity index is 421. The predicted molar refractivity (Wildman–Crippen MR) is 109 cm³/mol. The van der Waals surface area contributed by atoms with Crippen LogP contribution in [0.15, 0.2) is 0 Å². The summed E-state index contributed by atoms with van der Waals surface area (Å²) in [4.78, 5) is 30.3. The first-order valence-electron chi connectivity index (χ1n) is 11.8. The zero-order chi connectivity index (χ0) is 18.9. The molecule has 2 saturated carbocycles. The Balaban J connectivity index is 1.51. The lowest BCUT2D eigenvalue weighted by molar-refractivity contribution is -0.138. The minimum absolute atomic E-state index is 0.234. The zero-order valence-electron chi connectivity index (χ0n) is 17.3. The van der Waals surface area contributed by atoms with Crippen molar-refractivity contribution in [3.05, 3.63) is 0 Å². The van der Waals surface area contributed by atoms with E-state index in [0.717, 1.165) is 58.3 Å². The number of nitrogens with zero attached hydrogens (tertiary/aromatic N) is 2. The average molecular weight is 377 g/mol. The molecule has 0 unspecified atom stereocenters. The van der Waals surface area contributed by atoms with Crippen LogP contribution in [-0.4, -0.2) is 47.8 Å². The molecule has 0 radical (unpaired) electrons. The van der Waals surface area contributed by atoms with Crippen LogP contribution >= 0.6 is 0 Å². The maximum absolute atomic E-state index is 13.1. The van der Waals surface area contributed by atoms with Crippen LogP contribution in [0.25, 0.3) is 0 Å². The summed E-state index contributed by atoms with van der Waals surface area (Å²) < 4.78 is 0. The first-order chi connectivity index (χ1) is 13.3. The summed E-state index contributed by atoms with van der Waals surface area (Å²) in [5.41, 5.74) is 0. The lowest BCUT2D eigenvalue weighted by Crippen LogP contribution is -2.41. The van der Waals surface area contributed by atoms with Crippen LogP contribution in [0.3, 0.4) is 0 Å². The van der Waals surface area contributed by atoms with Gasteiger partial charge < -0.3 is 9.80 Å². The molecular formula is C23H40N2O2. The van der Waals surface area contributed by atoms with Gasteiger partial charge in [-0.3, -0.25) is 9.59 Å². The maximum atomic E-state index is 13.1. The van der Waals surface area contributed by atoms with Crippen LogP contribution in [-0.2, 0) is 9.59 Å². The Labute approximate surface area is 166 Å². The Kier molecular flexibility index (Phi) is 8.47. The molecule has 1 aliphatic heterocycles. The van der Waals surface area contributed by atoms with Crippen LogP contribution in [0.5, 0.6) is 0 Å². The molecule has 0 atom stereocenters. The Morgan fingerprint density at radius 2 is 0.778 bits per heavy atom. The smallest absolute Gasteiger partial charge is 0.225 e. The molecule has 3 rings (SSSR count). The summed E-state index contributed by atoms with van der Waals surface area (Å²) in [6, 6.07) is 0. The van der Waals surface area contributed by atoms with E-state index in [9.17, 15) is 9.59 Å². The molecule has 2 aliphatic carbocycles. The molecule has 154 valence electrons. The largest absolute Gasteiger partial charge is 0.341 e. The highest BCUT2D eigenvalue weighted by molar-refractivity contribution is 5.80. The third kappa shape index (κ3) is 6.22. The van der Waals surface area contributed by atoms with Crippen molar-refractivity contribution in [1.29, 1.82) is 0 Å². The highest BCUT2D eigenvalue weighted by atomic mass is 16.2. The molecule has 1 heterocycles. The third-order valence-corrected chi connectivity index (χ3v) is 7.03. The maximum Gasteiger partial charge on any atom is 0.225 e. The number of hydrogen-bond donors (Lipinski definition) is 0. The number of hydrogen-bond acceptors (Lipinski definition) is 2.